The molecule has 3 heterocycles. The highest BCUT2D eigenvalue weighted by molar-refractivity contribution is 5.90. The third kappa shape index (κ3) is 4.54. The minimum Gasteiger partial charge on any atom is -0.382 e. The molecule has 2 N–H and O–H groups in total. The van der Waals surface area contributed by atoms with Gasteiger partial charge in [0.25, 0.3) is 0 Å². The Kier molecular flexibility index (Phi) is 5.92. The van der Waals surface area contributed by atoms with Gasteiger partial charge in [-0.25, -0.2) is 19.2 Å². The lowest BCUT2D eigenvalue weighted by molar-refractivity contribution is 0.222. The van der Waals surface area contributed by atoms with Crippen molar-refractivity contribution >= 4 is 23.2 Å². The maximum atomic E-state index is 14.6. The molecule has 1 aliphatic heterocycles. The van der Waals surface area contributed by atoms with Crippen LogP contribution in [0.25, 0.3) is 17.0 Å². The molecule has 2 aromatic heterocycles. The molecule has 0 spiro atoms. The minimum atomic E-state index is -0.386. The summed E-state index contributed by atoms with van der Waals surface area (Å²) in [5, 5.41) is 6.36. The number of imidazole rings is 1. The lowest BCUT2D eigenvalue weighted by Crippen LogP contribution is -2.32. The number of hydrogen-bond acceptors (Lipinski definition) is 4. The molecular weight excluding hydrogens is 407 g/mol. The van der Waals surface area contributed by atoms with E-state index in [1.807, 2.05) is 10.6 Å². The van der Waals surface area contributed by atoms with Crippen LogP contribution in [0, 0.1) is 11.7 Å². The molecule has 5 rings (SSSR count). The van der Waals surface area contributed by atoms with Gasteiger partial charge in [-0.3, -0.25) is 4.40 Å². The highest BCUT2D eigenvalue weighted by atomic mass is 19.1. The number of fused-ring (bicyclic) bond motifs is 1. The smallest absolute Gasteiger partial charge is 0.321 e. The third-order valence-corrected chi connectivity index (χ3v) is 6.52. The third-order valence-electron chi connectivity index (χ3n) is 6.52. The second-order valence-corrected chi connectivity index (χ2v) is 8.88. The number of aromatic nitrogens is 3. The van der Waals surface area contributed by atoms with E-state index < -0.39 is 0 Å². The number of urea groups is 1. The van der Waals surface area contributed by atoms with Crippen LogP contribution in [-0.2, 0) is 0 Å². The van der Waals surface area contributed by atoms with E-state index in [4.69, 9.17) is 0 Å². The van der Waals surface area contributed by atoms with Crippen LogP contribution >= 0.6 is 0 Å². The van der Waals surface area contributed by atoms with Gasteiger partial charge in [-0.2, -0.15) is 0 Å². The number of nitrogens with one attached hydrogen (secondary N) is 2. The minimum absolute atomic E-state index is 0.148. The van der Waals surface area contributed by atoms with Crippen molar-refractivity contribution in [2.75, 3.05) is 30.3 Å². The monoisotopic (exact) mass is 436 g/mol. The topological polar surface area (TPSA) is 74.6 Å². The molecule has 0 radical (unpaired) electrons. The summed E-state index contributed by atoms with van der Waals surface area (Å²) in [6.07, 6.45) is 14.1. The number of anilines is 2. The summed E-state index contributed by atoms with van der Waals surface area (Å²) in [6.45, 7) is 2.46. The lowest BCUT2D eigenvalue weighted by Gasteiger charge is -2.22. The Labute approximate surface area is 187 Å². The van der Waals surface area contributed by atoms with Gasteiger partial charge in [-0.15, -0.1) is 0 Å². The number of rotatable bonds is 5. The number of likely N-dealkylation sites (tertiary alicyclic amines) is 1. The highest BCUT2D eigenvalue weighted by Crippen LogP contribution is 2.27. The van der Waals surface area contributed by atoms with Crippen LogP contribution in [0.1, 0.15) is 44.9 Å². The molecule has 2 fully saturated rings. The molecular formula is C24H29FN6O. The molecule has 2 amide bonds. The van der Waals surface area contributed by atoms with E-state index in [0.29, 0.717) is 28.6 Å². The Hall–Kier alpha value is -3.16. The van der Waals surface area contributed by atoms with Crippen LogP contribution < -0.4 is 10.6 Å². The zero-order chi connectivity index (χ0) is 21.9. The van der Waals surface area contributed by atoms with Crippen molar-refractivity contribution < 1.29 is 9.18 Å². The van der Waals surface area contributed by atoms with Gasteiger partial charge in [-0.1, -0.05) is 19.3 Å². The SMILES string of the molecule is O=C(Nc1ccc(F)c(-c2cn3cc(NCC4CCCCC4)cnc3n2)c1)N1CCCC1. The van der Waals surface area contributed by atoms with E-state index in [1.54, 1.807) is 29.4 Å². The molecule has 8 heteroatoms. The molecule has 7 nitrogen and oxygen atoms in total. The van der Waals surface area contributed by atoms with Crippen LogP contribution in [0.3, 0.4) is 0 Å². The first-order valence-electron chi connectivity index (χ1n) is 11.6. The van der Waals surface area contributed by atoms with Crippen molar-refractivity contribution in [2.24, 2.45) is 5.92 Å². The Morgan fingerprint density at radius 1 is 1.06 bits per heavy atom. The van der Waals surface area contributed by atoms with Crippen molar-refractivity contribution in [1.29, 1.82) is 0 Å². The second kappa shape index (κ2) is 9.14. The predicted octanol–water partition coefficient (Wildman–Crippen LogP) is 5.16. The Morgan fingerprint density at radius 3 is 2.69 bits per heavy atom. The van der Waals surface area contributed by atoms with Gasteiger partial charge in [-0.05, 0) is 49.8 Å². The molecule has 0 bridgehead atoms. The normalized spacial score (nSPS) is 17.1. The van der Waals surface area contributed by atoms with Crippen molar-refractivity contribution in [1.82, 2.24) is 19.3 Å². The van der Waals surface area contributed by atoms with Crippen LogP contribution in [0.2, 0.25) is 0 Å². The Morgan fingerprint density at radius 2 is 1.88 bits per heavy atom. The number of benzene rings is 1. The molecule has 3 aromatic rings. The van der Waals surface area contributed by atoms with E-state index in [-0.39, 0.29) is 11.8 Å². The average molecular weight is 437 g/mol. The summed E-state index contributed by atoms with van der Waals surface area (Å²) >= 11 is 0. The lowest BCUT2D eigenvalue weighted by atomic mass is 9.89. The molecule has 0 unspecified atom stereocenters. The zero-order valence-corrected chi connectivity index (χ0v) is 18.2. The van der Waals surface area contributed by atoms with E-state index >= 15 is 0 Å². The molecule has 168 valence electrons. The largest absolute Gasteiger partial charge is 0.382 e. The fraction of sp³-hybridized carbons (Fsp3) is 0.458. The fourth-order valence-electron chi connectivity index (χ4n) is 4.68. The molecule has 32 heavy (non-hydrogen) atoms. The number of carbonyl (C=O) groups excluding carboxylic acids is 1. The standard InChI is InChI=1S/C24H29FN6O/c25-21-9-8-18(28-24(32)30-10-4-5-11-30)12-20(21)22-16-31-15-19(14-27-23(31)29-22)26-13-17-6-2-1-3-7-17/h8-9,12,14-17,26H,1-7,10-11,13H2,(H,28,32). The summed E-state index contributed by atoms with van der Waals surface area (Å²) < 4.78 is 16.4. The molecule has 1 aromatic carbocycles. The van der Waals surface area contributed by atoms with Gasteiger partial charge >= 0.3 is 6.03 Å². The highest BCUT2D eigenvalue weighted by Gasteiger charge is 2.19. The Bertz CT molecular complexity index is 1100. The van der Waals surface area contributed by atoms with Gasteiger partial charge in [0.1, 0.15) is 5.82 Å². The summed E-state index contributed by atoms with van der Waals surface area (Å²) in [4.78, 5) is 23.1. The number of nitrogens with zero attached hydrogens (tertiary/aromatic N) is 4. The summed E-state index contributed by atoms with van der Waals surface area (Å²) in [5.74, 6) is 0.836. The van der Waals surface area contributed by atoms with Gasteiger partial charge in [0.15, 0.2) is 0 Å². The van der Waals surface area contributed by atoms with Gasteiger partial charge in [0, 0.05) is 43.3 Å². The molecule has 1 aliphatic carbocycles. The van der Waals surface area contributed by atoms with Gasteiger partial charge in [0.05, 0.1) is 17.6 Å². The van der Waals surface area contributed by atoms with Crippen molar-refractivity contribution in [3.05, 3.63) is 42.6 Å². The summed E-state index contributed by atoms with van der Waals surface area (Å²) in [7, 11) is 0. The van der Waals surface area contributed by atoms with Crippen LogP contribution in [0.5, 0.6) is 0 Å². The number of amides is 2. The Balaban J connectivity index is 1.32. The van der Waals surface area contributed by atoms with Gasteiger partial charge < -0.3 is 15.5 Å². The first-order chi connectivity index (χ1) is 15.7. The maximum absolute atomic E-state index is 14.6. The van der Waals surface area contributed by atoms with Gasteiger partial charge in [0.2, 0.25) is 5.78 Å². The van der Waals surface area contributed by atoms with Crippen molar-refractivity contribution in [3.8, 4) is 11.3 Å². The zero-order valence-electron chi connectivity index (χ0n) is 18.2. The van der Waals surface area contributed by atoms with E-state index in [1.165, 1.54) is 38.2 Å². The summed E-state index contributed by atoms with van der Waals surface area (Å²) in [6, 6.07) is 4.43. The van der Waals surface area contributed by atoms with Crippen molar-refractivity contribution in [2.45, 2.75) is 44.9 Å². The molecule has 1 saturated carbocycles. The fourth-order valence-corrected chi connectivity index (χ4v) is 4.68. The molecule has 2 aliphatic rings. The first kappa shape index (κ1) is 20.7. The number of hydrogen-bond donors (Lipinski definition) is 2. The molecule has 1 saturated heterocycles. The van der Waals surface area contributed by atoms with Crippen LogP contribution in [0.4, 0.5) is 20.6 Å². The summed E-state index contributed by atoms with van der Waals surface area (Å²) in [5.41, 5.74) is 2.31. The van der Waals surface area contributed by atoms with Crippen LogP contribution in [-0.4, -0.2) is 44.9 Å². The number of carbonyl (C=O) groups is 1. The first-order valence-corrected chi connectivity index (χ1v) is 11.6. The van der Waals surface area contributed by atoms with Crippen LogP contribution in [0.15, 0.2) is 36.8 Å². The second-order valence-electron chi connectivity index (χ2n) is 8.88. The van der Waals surface area contributed by atoms with E-state index in [0.717, 1.165) is 38.2 Å². The molecule has 0 atom stereocenters. The van der Waals surface area contributed by atoms with E-state index in [2.05, 4.69) is 20.6 Å². The quantitative estimate of drug-likeness (QED) is 0.580. The number of halogens is 1. The predicted molar refractivity (Wildman–Crippen MR) is 123 cm³/mol. The average Bonchev–Trinajstić information content (AvgIpc) is 3.49. The van der Waals surface area contributed by atoms with E-state index in [9.17, 15) is 9.18 Å². The maximum Gasteiger partial charge on any atom is 0.321 e. The van der Waals surface area contributed by atoms with Crippen molar-refractivity contribution in [3.63, 3.8) is 0 Å².